The van der Waals surface area contributed by atoms with Gasteiger partial charge in [-0.1, -0.05) is 0 Å². The van der Waals surface area contributed by atoms with Crippen molar-refractivity contribution in [2.45, 2.75) is 51.3 Å². The fourth-order valence-corrected chi connectivity index (χ4v) is 1.55. The number of rotatable bonds is 2. The zero-order valence-electron chi connectivity index (χ0n) is 10.7. The summed E-state index contributed by atoms with van der Waals surface area (Å²) in [4.78, 5) is 22.3. The van der Waals surface area contributed by atoms with Crippen molar-refractivity contribution in [1.82, 2.24) is 10.6 Å². The lowest BCUT2D eigenvalue weighted by molar-refractivity contribution is 0.0466. The van der Waals surface area contributed by atoms with Gasteiger partial charge in [0.1, 0.15) is 5.60 Å². The Labute approximate surface area is 101 Å². The molecule has 0 unspecified atom stereocenters. The summed E-state index contributed by atoms with van der Waals surface area (Å²) in [5, 5.41) is 5.41. The SMILES string of the molecule is COC(=O)NC1CC(NC(=O)OC(C)(C)C)C1. The molecule has 6 heteroatoms. The van der Waals surface area contributed by atoms with Gasteiger partial charge in [-0.25, -0.2) is 9.59 Å². The molecule has 0 aromatic heterocycles. The number of hydrogen-bond donors (Lipinski definition) is 2. The molecule has 0 heterocycles. The highest BCUT2D eigenvalue weighted by atomic mass is 16.6. The molecule has 98 valence electrons. The van der Waals surface area contributed by atoms with Crippen LogP contribution in [0.1, 0.15) is 33.6 Å². The van der Waals surface area contributed by atoms with Crippen molar-refractivity contribution in [3.05, 3.63) is 0 Å². The van der Waals surface area contributed by atoms with Gasteiger partial charge in [-0.15, -0.1) is 0 Å². The molecule has 1 rings (SSSR count). The quantitative estimate of drug-likeness (QED) is 0.769. The minimum atomic E-state index is -0.489. The lowest BCUT2D eigenvalue weighted by Gasteiger charge is -2.36. The number of nitrogens with one attached hydrogen (secondary N) is 2. The average Bonchev–Trinajstić information content (AvgIpc) is 2.11. The summed E-state index contributed by atoms with van der Waals surface area (Å²) in [5.74, 6) is 0. The van der Waals surface area contributed by atoms with Crippen molar-refractivity contribution in [1.29, 1.82) is 0 Å². The first-order valence-electron chi connectivity index (χ1n) is 5.64. The molecule has 0 aliphatic heterocycles. The van der Waals surface area contributed by atoms with Gasteiger partial charge in [-0.05, 0) is 33.6 Å². The Hall–Kier alpha value is -1.46. The maximum atomic E-state index is 11.4. The minimum absolute atomic E-state index is 0.0620. The minimum Gasteiger partial charge on any atom is -0.453 e. The van der Waals surface area contributed by atoms with Crippen LogP contribution in [0.3, 0.4) is 0 Å². The summed E-state index contributed by atoms with van der Waals surface area (Å²) >= 11 is 0. The molecule has 0 atom stereocenters. The average molecular weight is 244 g/mol. The van der Waals surface area contributed by atoms with Gasteiger partial charge in [0.25, 0.3) is 0 Å². The predicted octanol–water partition coefficient (Wildman–Crippen LogP) is 1.40. The number of ether oxygens (including phenoxy) is 2. The summed E-state index contributed by atoms with van der Waals surface area (Å²) in [5.41, 5.74) is -0.489. The van der Waals surface area contributed by atoms with E-state index in [2.05, 4.69) is 15.4 Å². The van der Waals surface area contributed by atoms with E-state index in [0.717, 1.165) is 0 Å². The Bertz CT molecular complexity index is 292. The van der Waals surface area contributed by atoms with Crippen molar-refractivity contribution < 1.29 is 19.1 Å². The number of methoxy groups -OCH3 is 1. The van der Waals surface area contributed by atoms with Crippen LogP contribution in [-0.2, 0) is 9.47 Å². The zero-order chi connectivity index (χ0) is 13.1. The molecule has 0 aromatic rings. The zero-order valence-corrected chi connectivity index (χ0v) is 10.7. The predicted molar refractivity (Wildman–Crippen MR) is 61.7 cm³/mol. The summed E-state index contributed by atoms with van der Waals surface area (Å²) in [6.07, 6.45) is 0.549. The molecule has 1 aliphatic rings. The molecule has 0 saturated heterocycles. The first-order chi connectivity index (χ1) is 7.80. The maximum absolute atomic E-state index is 11.4. The second-order valence-corrected chi connectivity index (χ2v) is 5.15. The molecular weight excluding hydrogens is 224 g/mol. The van der Waals surface area contributed by atoms with Gasteiger partial charge in [0.15, 0.2) is 0 Å². The van der Waals surface area contributed by atoms with Crippen LogP contribution < -0.4 is 10.6 Å². The van der Waals surface area contributed by atoms with Crippen LogP contribution in [0.5, 0.6) is 0 Å². The molecule has 0 radical (unpaired) electrons. The van der Waals surface area contributed by atoms with Crippen molar-refractivity contribution in [2.24, 2.45) is 0 Å². The van der Waals surface area contributed by atoms with E-state index < -0.39 is 17.8 Å². The third kappa shape index (κ3) is 4.93. The topological polar surface area (TPSA) is 76.7 Å². The van der Waals surface area contributed by atoms with Crippen LogP contribution in [0.25, 0.3) is 0 Å². The summed E-state index contributed by atoms with van der Waals surface area (Å²) in [6, 6.07) is 0.134. The number of carbonyl (C=O) groups is 2. The van der Waals surface area contributed by atoms with Crippen molar-refractivity contribution in [3.8, 4) is 0 Å². The van der Waals surface area contributed by atoms with Gasteiger partial charge in [0.05, 0.1) is 7.11 Å². The molecule has 0 bridgehead atoms. The van der Waals surface area contributed by atoms with Gasteiger partial charge in [-0.3, -0.25) is 0 Å². The van der Waals surface area contributed by atoms with Gasteiger partial charge in [0, 0.05) is 12.1 Å². The molecule has 0 spiro atoms. The molecule has 17 heavy (non-hydrogen) atoms. The second kappa shape index (κ2) is 5.25. The Morgan fingerprint density at radius 2 is 1.53 bits per heavy atom. The Morgan fingerprint density at radius 1 is 1.06 bits per heavy atom. The molecule has 0 aromatic carbocycles. The van der Waals surface area contributed by atoms with E-state index in [1.807, 2.05) is 20.8 Å². The first-order valence-corrected chi connectivity index (χ1v) is 5.64. The van der Waals surface area contributed by atoms with E-state index in [-0.39, 0.29) is 12.1 Å². The molecule has 2 amide bonds. The van der Waals surface area contributed by atoms with Gasteiger partial charge in [0.2, 0.25) is 0 Å². The van der Waals surface area contributed by atoms with Crippen molar-refractivity contribution >= 4 is 12.2 Å². The van der Waals surface area contributed by atoms with Crippen LogP contribution in [0.4, 0.5) is 9.59 Å². The summed E-state index contributed by atoms with van der Waals surface area (Å²) in [6.45, 7) is 5.44. The van der Waals surface area contributed by atoms with Crippen LogP contribution in [0.2, 0.25) is 0 Å². The fourth-order valence-electron chi connectivity index (χ4n) is 1.55. The van der Waals surface area contributed by atoms with Crippen LogP contribution in [0.15, 0.2) is 0 Å². The van der Waals surface area contributed by atoms with Crippen LogP contribution in [0, 0.1) is 0 Å². The van der Waals surface area contributed by atoms with Gasteiger partial charge >= 0.3 is 12.2 Å². The smallest absolute Gasteiger partial charge is 0.407 e. The molecule has 1 aliphatic carbocycles. The Kier molecular flexibility index (Phi) is 4.20. The normalized spacial score (nSPS) is 23.3. The second-order valence-electron chi connectivity index (χ2n) is 5.15. The Morgan fingerprint density at radius 3 is 1.94 bits per heavy atom. The molecular formula is C11H20N2O4. The van der Waals surface area contributed by atoms with Crippen molar-refractivity contribution in [2.75, 3.05) is 7.11 Å². The lowest BCUT2D eigenvalue weighted by atomic mass is 9.87. The van der Waals surface area contributed by atoms with Gasteiger partial charge < -0.3 is 20.1 Å². The highest BCUT2D eigenvalue weighted by Gasteiger charge is 2.32. The van der Waals surface area contributed by atoms with E-state index in [1.54, 1.807) is 0 Å². The summed E-state index contributed by atoms with van der Waals surface area (Å²) < 4.78 is 9.60. The Balaban J connectivity index is 2.17. The first kappa shape index (κ1) is 13.6. The van der Waals surface area contributed by atoms with E-state index in [4.69, 9.17) is 4.74 Å². The number of alkyl carbamates (subject to hydrolysis) is 2. The molecule has 1 saturated carbocycles. The van der Waals surface area contributed by atoms with E-state index >= 15 is 0 Å². The highest BCUT2D eigenvalue weighted by Crippen LogP contribution is 2.20. The van der Waals surface area contributed by atoms with E-state index in [0.29, 0.717) is 12.8 Å². The monoisotopic (exact) mass is 244 g/mol. The number of amides is 2. The van der Waals surface area contributed by atoms with Crippen LogP contribution >= 0.6 is 0 Å². The number of carbonyl (C=O) groups excluding carboxylic acids is 2. The largest absolute Gasteiger partial charge is 0.453 e. The number of hydrogen-bond acceptors (Lipinski definition) is 4. The lowest BCUT2D eigenvalue weighted by Crippen LogP contribution is -2.54. The summed E-state index contributed by atoms with van der Waals surface area (Å²) in [7, 11) is 1.32. The third-order valence-corrected chi connectivity index (χ3v) is 2.37. The van der Waals surface area contributed by atoms with Crippen LogP contribution in [-0.4, -0.2) is 37.0 Å². The molecule has 1 fully saturated rings. The molecule has 2 N–H and O–H groups in total. The van der Waals surface area contributed by atoms with Gasteiger partial charge in [-0.2, -0.15) is 0 Å². The van der Waals surface area contributed by atoms with Crippen molar-refractivity contribution in [3.63, 3.8) is 0 Å². The standard InChI is InChI=1S/C11H20N2O4/c1-11(2,3)17-10(15)13-8-5-7(6-8)12-9(14)16-4/h7-8H,5-6H2,1-4H3,(H,12,14)(H,13,15). The van der Waals surface area contributed by atoms with E-state index in [1.165, 1.54) is 7.11 Å². The molecule has 6 nitrogen and oxygen atoms in total. The maximum Gasteiger partial charge on any atom is 0.407 e. The fraction of sp³-hybridized carbons (Fsp3) is 0.818. The highest BCUT2D eigenvalue weighted by molar-refractivity contribution is 5.69. The third-order valence-electron chi connectivity index (χ3n) is 2.37. The van der Waals surface area contributed by atoms with E-state index in [9.17, 15) is 9.59 Å².